The van der Waals surface area contributed by atoms with Gasteiger partial charge in [0.15, 0.2) is 0 Å². The van der Waals surface area contributed by atoms with E-state index in [-0.39, 0.29) is 23.1 Å². The molecular formula is C24H23FN4O. The van der Waals surface area contributed by atoms with Crippen LogP contribution in [-0.2, 0) is 6.42 Å². The molecule has 0 aliphatic carbocycles. The van der Waals surface area contributed by atoms with Crippen LogP contribution in [0.5, 0.6) is 0 Å². The Labute approximate surface area is 175 Å². The number of nitrogens with one attached hydrogen (secondary N) is 2. The van der Waals surface area contributed by atoms with Crippen molar-refractivity contribution in [2.24, 2.45) is 5.73 Å². The Bertz CT molecular complexity index is 1070. The molecule has 0 spiro atoms. The summed E-state index contributed by atoms with van der Waals surface area (Å²) < 4.78 is 13.7. The molecule has 0 aliphatic heterocycles. The first-order valence-corrected chi connectivity index (χ1v) is 9.55. The van der Waals surface area contributed by atoms with Crippen molar-refractivity contribution in [1.29, 1.82) is 5.41 Å². The molecule has 0 radical (unpaired) electrons. The van der Waals surface area contributed by atoms with Gasteiger partial charge in [-0.3, -0.25) is 9.78 Å². The van der Waals surface area contributed by atoms with E-state index in [4.69, 9.17) is 11.1 Å². The van der Waals surface area contributed by atoms with Gasteiger partial charge in [-0.2, -0.15) is 0 Å². The third-order valence-electron chi connectivity index (χ3n) is 4.53. The molecule has 30 heavy (non-hydrogen) atoms. The third-order valence-corrected chi connectivity index (χ3v) is 4.53. The average Bonchev–Trinajstić information content (AvgIpc) is 2.73. The molecule has 0 atom stereocenters. The van der Waals surface area contributed by atoms with Crippen LogP contribution in [-0.4, -0.2) is 23.1 Å². The lowest BCUT2D eigenvalue weighted by atomic mass is 10.00. The van der Waals surface area contributed by atoms with Crippen LogP contribution in [0.1, 0.15) is 32.7 Å². The van der Waals surface area contributed by atoms with Gasteiger partial charge in [0.25, 0.3) is 5.91 Å². The average molecular weight is 402 g/mol. The molecule has 0 saturated heterocycles. The molecule has 1 amide bonds. The molecule has 2 aromatic carbocycles. The number of hydrogen-bond acceptors (Lipinski definition) is 4. The highest BCUT2D eigenvalue weighted by Crippen LogP contribution is 2.17. The van der Waals surface area contributed by atoms with Crippen molar-refractivity contribution in [2.45, 2.75) is 13.3 Å². The Hall–Kier alpha value is -3.80. The summed E-state index contributed by atoms with van der Waals surface area (Å²) in [5.41, 5.74) is 9.37. The van der Waals surface area contributed by atoms with E-state index in [1.165, 1.54) is 18.2 Å². The van der Waals surface area contributed by atoms with E-state index in [1.807, 2.05) is 18.2 Å². The zero-order valence-electron chi connectivity index (χ0n) is 16.7. The van der Waals surface area contributed by atoms with E-state index < -0.39 is 0 Å². The molecular weight excluding hydrogens is 379 g/mol. The van der Waals surface area contributed by atoms with E-state index in [0.717, 1.165) is 11.3 Å². The van der Waals surface area contributed by atoms with Gasteiger partial charge in [0.2, 0.25) is 0 Å². The molecule has 1 aromatic heterocycles. The minimum Gasteiger partial charge on any atom is -0.398 e. The predicted octanol–water partition coefficient (Wildman–Crippen LogP) is 3.87. The highest BCUT2D eigenvalue weighted by Gasteiger charge is 2.14. The molecule has 5 nitrogen and oxygen atoms in total. The quantitative estimate of drug-likeness (QED) is 0.524. The number of halogens is 1. The summed E-state index contributed by atoms with van der Waals surface area (Å²) in [4.78, 5) is 16.9. The molecule has 0 unspecified atom stereocenters. The molecule has 152 valence electrons. The number of aromatic nitrogens is 1. The standard InChI is InChI=1S/C24H23FN4O/c1-16-12-17(14-18(25)13-16)22(26)15-23(27)20-7-2-3-8-21(20)24(30)29-11-9-19-6-4-5-10-28-19/h2-8,10,12-15,27H,9,11,26H2,1H3,(H,29,30)/b22-15-,27-23?. The van der Waals surface area contributed by atoms with Crippen LogP contribution in [0.25, 0.3) is 5.70 Å². The Balaban J connectivity index is 1.75. The van der Waals surface area contributed by atoms with Gasteiger partial charge in [0.1, 0.15) is 5.82 Å². The van der Waals surface area contributed by atoms with Crippen LogP contribution in [0.2, 0.25) is 0 Å². The maximum atomic E-state index is 13.7. The molecule has 0 bridgehead atoms. The second-order valence-corrected chi connectivity index (χ2v) is 6.90. The third kappa shape index (κ3) is 5.38. The van der Waals surface area contributed by atoms with E-state index in [1.54, 1.807) is 43.5 Å². The number of allylic oxidation sites excluding steroid dienone is 1. The monoisotopic (exact) mass is 402 g/mol. The van der Waals surface area contributed by atoms with Crippen LogP contribution < -0.4 is 11.1 Å². The van der Waals surface area contributed by atoms with E-state index in [0.29, 0.717) is 29.7 Å². The lowest BCUT2D eigenvalue weighted by molar-refractivity contribution is 0.0954. The van der Waals surface area contributed by atoms with Gasteiger partial charge < -0.3 is 16.5 Å². The Morgan fingerprint density at radius 2 is 1.87 bits per heavy atom. The molecule has 0 saturated carbocycles. The number of rotatable bonds is 7. The van der Waals surface area contributed by atoms with Crippen molar-refractivity contribution < 1.29 is 9.18 Å². The van der Waals surface area contributed by atoms with Crippen molar-refractivity contribution in [3.05, 3.63) is 107 Å². The van der Waals surface area contributed by atoms with Gasteiger partial charge in [-0.25, -0.2) is 4.39 Å². The normalized spacial score (nSPS) is 11.2. The van der Waals surface area contributed by atoms with Gasteiger partial charge in [-0.05, 0) is 55.0 Å². The van der Waals surface area contributed by atoms with Gasteiger partial charge in [-0.15, -0.1) is 0 Å². The first kappa shape index (κ1) is 20.9. The van der Waals surface area contributed by atoms with Crippen molar-refractivity contribution in [3.63, 3.8) is 0 Å². The summed E-state index contributed by atoms with van der Waals surface area (Å²) in [5, 5.41) is 11.3. The Morgan fingerprint density at radius 3 is 2.57 bits per heavy atom. The molecule has 4 N–H and O–H groups in total. The summed E-state index contributed by atoms with van der Waals surface area (Å²) in [6.45, 7) is 2.20. The Kier molecular flexibility index (Phi) is 6.70. The predicted molar refractivity (Wildman–Crippen MR) is 117 cm³/mol. The lowest BCUT2D eigenvalue weighted by Gasteiger charge is -2.10. The van der Waals surface area contributed by atoms with Crippen LogP contribution in [0.15, 0.2) is 72.9 Å². The van der Waals surface area contributed by atoms with Crippen molar-refractivity contribution >= 4 is 17.3 Å². The summed E-state index contributed by atoms with van der Waals surface area (Å²) in [5.74, 6) is -0.666. The van der Waals surface area contributed by atoms with Crippen LogP contribution in [0.4, 0.5) is 4.39 Å². The van der Waals surface area contributed by atoms with Crippen molar-refractivity contribution in [3.8, 4) is 0 Å². The van der Waals surface area contributed by atoms with Gasteiger partial charge in [0.05, 0.1) is 5.71 Å². The fraction of sp³-hybridized carbons (Fsp3) is 0.125. The molecule has 0 aliphatic rings. The van der Waals surface area contributed by atoms with Gasteiger partial charge in [-0.1, -0.05) is 24.3 Å². The Morgan fingerprint density at radius 1 is 1.13 bits per heavy atom. The zero-order chi connectivity index (χ0) is 21.5. The summed E-state index contributed by atoms with van der Waals surface area (Å²) in [6.07, 6.45) is 3.76. The first-order valence-electron chi connectivity index (χ1n) is 9.55. The number of carbonyl (C=O) groups is 1. The second kappa shape index (κ2) is 9.60. The van der Waals surface area contributed by atoms with Crippen LogP contribution >= 0.6 is 0 Å². The SMILES string of the molecule is Cc1cc(F)cc(/C(N)=C/C(=N)c2ccccc2C(=O)NCCc2ccccn2)c1. The lowest BCUT2D eigenvalue weighted by Crippen LogP contribution is -2.27. The van der Waals surface area contributed by atoms with Gasteiger partial charge >= 0.3 is 0 Å². The number of amides is 1. The molecule has 1 heterocycles. The maximum absolute atomic E-state index is 13.7. The largest absolute Gasteiger partial charge is 0.398 e. The number of pyridine rings is 1. The minimum atomic E-state index is -0.388. The maximum Gasteiger partial charge on any atom is 0.251 e. The zero-order valence-corrected chi connectivity index (χ0v) is 16.7. The summed E-state index contributed by atoms with van der Waals surface area (Å²) in [7, 11) is 0. The fourth-order valence-electron chi connectivity index (χ4n) is 3.08. The summed E-state index contributed by atoms with van der Waals surface area (Å²) >= 11 is 0. The number of nitrogens with two attached hydrogens (primary N) is 1. The number of nitrogens with zero attached hydrogens (tertiary/aromatic N) is 1. The van der Waals surface area contributed by atoms with Gasteiger partial charge in [0, 0.05) is 47.2 Å². The van der Waals surface area contributed by atoms with Crippen LogP contribution in [0, 0.1) is 18.2 Å². The number of benzene rings is 2. The van der Waals surface area contributed by atoms with Crippen molar-refractivity contribution in [1.82, 2.24) is 10.3 Å². The second-order valence-electron chi connectivity index (χ2n) is 6.90. The van der Waals surface area contributed by atoms with Crippen molar-refractivity contribution in [2.75, 3.05) is 6.54 Å². The van der Waals surface area contributed by atoms with E-state index in [9.17, 15) is 9.18 Å². The van der Waals surface area contributed by atoms with E-state index in [2.05, 4.69) is 10.3 Å². The molecule has 0 fully saturated rings. The number of hydrogen-bond donors (Lipinski definition) is 3. The highest BCUT2D eigenvalue weighted by molar-refractivity contribution is 6.15. The summed E-state index contributed by atoms with van der Waals surface area (Å²) in [6, 6.07) is 17.0. The molecule has 3 aromatic rings. The minimum absolute atomic E-state index is 0.0740. The first-order chi connectivity index (χ1) is 14.4. The topological polar surface area (TPSA) is 91.9 Å². The number of carbonyl (C=O) groups excluding carboxylic acids is 1. The van der Waals surface area contributed by atoms with Crippen LogP contribution in [0.3, 0.4) is 0 Å². The van der Waals surface area contributed by atoms with E-state index >= 15 is 0 Å². The molecule has 3 rings (SSSR count). The fourth-order valence-corrected chi connectivity index (χ4v) is 3.08. The number of aryl methyl sites for hydroxylation is 1. The molecule has 6 heteroatoms. The smallest absolute Gasteiger partial charge is 0.251 e. The highest BCUT2D eigenvalue weighted by atomic mass is 19.1.